The Morgan fingerprint density at radius 3 is 1.69 bits per heavy atom. The van der Waals surface area contributed by atoms with Crippen LogP contribution >= 0.6 is 0 Å². The van der Waals surface area contributed by atoms with Gasteiger partial charge in [0.2, 0.25) is 0 Å². The Hall–Kier alpha value is -2.66. The fourth-order valence-electron chi connectivity index (χ4n) is 5.26. The summed E-state index contributed by atoms with van der Waals surface area (Å²) >= 11 is 0. The number of amides is 2. The van der Waals surface area contributed by atoms with E-state index in [4.69, 9.17) is 4.74 Å². The molecule has 4 atom stereocenters. The number of carbonyl (C=O) groups is 2. The van der Waals surface area contributed by atoms with E-state index in [0.29, 0.717) is 13.1 Å². The topological polar surface area (TPSA) is 49.9 Å². The predicted molar refractivity (Wildman–Crippen MR) is 93.7 cm³/mol. The van der Waals surface area contributed by atoms with Crippen LogP contribution in [0.4, 0.5) is 0 Å². The van der Waals surface area contributed by atoms with E-state index >= 15 is 0 Å². The number of hydrogen-bond donors (Lipinski definition) is 0. The third kappa shape index (κ3) is 1.64. The highest BCUT2D eigenvalue weighted by molar-refractivity contribution is 5.99. The Labute approximate surface area is 151 Å². The van der Waals surface area contributed by atoms with Gasteiger partial charge in [-0.15, -0.1) is 0 Å². The SMILES string of the molecule is O=C1c2ccccc2[C@H]2O[C@@H]3c4ccccc4C(=O)N4CCCN1[C@@H]2[C@@H]34. The molecule has 130 valence electrons. The van der Waals surface area contributed by atoms with E-state index in [1.807, 2.05) is 58.3 Å². The van der Waals surface area contributed by atoms with Gasteiger partial charge in [-0.3, -0.25) is 9.59 Å². The van der Waals surface area contributed by atoms with E-state index in [9.17, 15) is 9.59 Å². The molecule has 0 N–H and O–H groups in total. The summed E-state index contributed by atoms with van der Waals surface area (Å²) in [6.07, 6.45) is 0.436. The van der Waals surface area contributed by atoms with Crippen LogP contribution < -0.4 is 0 Å². The minimum absolute atomic E-state index is 0.0688. The number of benzene rings is 2. The van der Waals surface area contributed by atoms with E-state index in [1.165, 1.54) is 0 Å². The normalized spacial score (nSPS) is 31.2. The molecule has 4 heterocycles. The molecule has 2 fully saturated rings. The van der Waals surface area contributed by atoms with Crippen molar-refractivity contribution in [1.82, 2.24) is 9.80 Å². The molecule has 26 heavy (non-hydrogen) atoms. The lowest BCUT2D eigenvalue weighted by molar-refractivity contribution is 0.00188. The van der Waals surface area contributed by atoms with E-state index in [0.717, 1.165) is 28.7 Å². The van der Waals surface area contributed by atoms with Gasteiger partial charge in [0, 0.05) is 24.2 Å². The van der Waals surface area contributed by atoms with Crippen molar-refractivity contribution in [2.24, 2.45) is 0 Å². The van der Waals surface area contributed by atoms with Crippen LogP contribution in [-0.2, 0) is 4.74 Å². The maximum absolute atomic E-state index is 13.1. The van der Waals surface area contributed by atoms with Gasteiger partial charge >= 0.3 is 0 Å². The molecule has 0 unspecified atom stereocenters. The van der Waals surface area contributed by atoms with E-state index in [1.54, 1.807) is 0 Å². The van der Waals surface area contributed by atoms with Gasteiger partial charge in [-0.25, -0.2) is 0 Å². The molecule has 2 aromatic rings. The summed E-state index contributed by atoms with van der Waals surface area (Å²) in [6.45, 7) is 1.34. The lowest BCUT2D eigenvalue weighted by Gasteiger charge is -2.42. The van der Waals surface area contributed by atoms with Crippen LogP contribution in [0.5, 0.6) is 0 Å². The summed E-state index contributed by atoms with van der Waals surface area (Å²) < 4.78 is 6.57. The van der Waals surface area contributed by atoms with Crippen molar-refractivity contribution in [2.75, 3.05) is 13.1 Å². The highest BCUT2D eigenvalue weighted by Crippen LogP contribution is 2.52. The predicted octanol–water partition coefficient (Wildman–Crippen LogP) is 2.55. The number of carbonyl (C=O) groups excluding carboxylic acids is 2. The fourth-order valence-corrected chi connectivity index (χ4v) is 5.26. The second-order valence-corrected chi connectivity index (χ2v) is 7.48. The average Bonchev–Trinajstić information content (AvgIpc) is 2.96. The zero-order valence-electron chi connectivity index (χ0n) is 14.2. The molecule has 0 aromatic heterocycles. The van der Waals surface area contributed by atoms with Gasteiger partial charge in [-0.05, 0) is 29.7 Å². The lowest BCUT2D eigenvalue weighted by Crippen LogP contribution is -2.56. The van der Waals surface area contributed by atoms with E-state index in [2.05, 4.69) is 0 Å². The van der Waals surface area contributed by atoms with Crippen molar-refractivity contribution in [3.63, 3.8) is 0 Å². The molecule has 0 spiro atoms. The summed E-state index contributed by atoms with van der Waals surface area (Å²) in [5.41, 5.74) is 3.39. The number of hydrogen-bond acceptors (Lipinski definition) is 3. The van der Waals surface area contributed by atoms with Crippen molar-refractivity contribution < 1.29 is 14.3 Å². The number of fused-ring (bicyclic) bond motifs is 4. The van der Waals surface area contributed by atoms with Crippen molar-refractivity contribution in [1.29, 1.82) is 0 Å². The molecule has 2 amide bonds. The zero-order valence-corrected chi connectivity index (χ0v) is 14.2. The molecule has 0 aliphatic carbocycles. The van der Waals surface area contributed by atoms with Crippen molar-refractivity contribution in [2.45, 2.75) is 30.7 Å². The van der Waals surface area contributed by atoms with Gasteiger partial charge in [0.05, 0.1) is 12.1 Å². The van der Waals surface area contributed by atoms with E-state index in [-0.39, 0.29) is 36.1 Å². The van der Waals surface area contributed by atoms with Crippen LogP contribution in [0, 0.1) is 0 Å². The molecule has 6 rings (SSSR count). The quantitative estimate of drug-likeness (QED) is 0.737. The summed E-state index contributed by atoms with van der Waals surface area (Å²) in [6, 6.07) is 15.3. The third-order valence-electron chi connectivity index (χ3n) is 6.30. The van der Waals surface area contributed by atoms with Crippen LogP contribution in [0.2, 0.25) is 0 Å². The maximum Gasteiger partial charge on any atom is 0.254 e. The Bertz CT molecular complexity index is 880. The van der Waals surface area contributed by atoms with Crippen molar-refractivity contribution >= 4 is 11.8 Å². The monoisotopic (exact) mass is 346 g/mol. The van der Waals surface area contributed by atoms with Gasteiger partial charge in [0.15, 0.2) is 0 Å². The van der Waals surface area contributed by atoms with E-state index < -0.39 is 0 Å². The number of nitrogens with zero attached hydrogens (tertiary/aromatic N) is 2. The van der Waals surface area contributed by atoms with Gasteiger partial charge in [-0.2, -0.15) is 0 Å². The lowest BCUT2D eigenvalue weighted by atomic mass is 9.83. The van der Waals surface area contributed by atoms with Crippen molar-refractivity contribution in [3.8, 4) is 0 Å². The highest BCUT2D eigenvalue weighted by atomic mass is 16.5. The van der Waals surface area contributed by atoms with Gasteiger partial charge in [0.1, 0.15) is 12.2 Å². The molecule has 5 nitrogen and oxygen atoms in total. The molecule has 0 saturated carbocycles. The fraction of sp³-hybridized carbons (Fsp3) is 0.333. The van der Waals surface area contributed by atoms with Gasteiger partial charge in [-0.1, -0.05) is 36.4 Å². The maximum atomic E-state index is 13.1. The average molecular weight is 346 g/mol. The van der Waals surface area contributed by atoms with Crippen LogP contribution in [-0.4, -0.2) is 46.8 Å². The Morgan fingerprint density at radius 2 is 1.19 bits per heavy atom. The Balaban J connectivity index is 1.59. The molecule has 4 aliphatic heterocycles. The molecule has 2 saturated heterocycles. The summed E-state index contributed by atoms with van der Waals surface area (Å²) in [5, 5.41) is 0. The third-order valence-corrected chi connectivity index (χ3v) is 6.30. The minimum Gasteiger partial charge on any atom is -0.361 e. The first-order chi connectivity index (χ1) is 12.8. The first-order valence-corrected chi connectivity index (χ1v) is 9.21. The van der Waals surface area contributed by atoms with Crippen molar-refractivity contribution in [3.05, 3.63) is 70.8 Å². The molecule has 2 aromatic carbocycles. The number of ether oxygens (including phenoxy) is 1. The summed E-state index contributed by atoms with van der Waals surface area (Å²) in [4.78, 5) is 30.2. The minimum atomic E-state index is -0.182. The number of rotatable bonds is 0. The first kappa shape index (κ1) is 14.5. The van der Waals surface area contributed by atoms with Crippen LogP contribution in [0.1, 0.15) is 50.5 Å². The highest BCUT2D eigenvalue weighted by Gasteiger charge is 2.59. The second-order valence-electron chi connectivity index (χ2n) is 7.48. The summed E-state index contributed by atoms with van der Waals surface area (Å²) in [7, 11) is 0. The molecular weight excluding hydrogens is 328 g/mol. The molecule has 4 aliphatic rings. The first-order valence-electron chi connectivity index (χ1n) is 9.21. The van der Waals surface area contributed by atoms with Crippen LogP contribution in [0.25, 0.3) is 0 Å². The van der Waals surface area contributed by atoms with Crippen LogP contribution in [0.3, 0.4) is 0 Å². The molecule has 0 bridgehead atoms. The van der Waals surface area contributed by atoms with Gasteiger partial charge in [0.25, 0.3) is 11.8 Å². The molecule has 5 heteroatoms. The molecule has 0 radical (unpaired) electrons. The standard InChI is InChI=1S/C21H18N2O3/c24-20-14-8-3-1-6-12(14)18-16-17-19(26-18)13-7-2-4-9-15(13)21(25)23(17)11-5-10-22(16)20/h1-4,6-9,16-19H,5,10-11H2/t16-,17+,18-,19-/m1/s1. The summed E-state index contributed by atoms with van der Waals surface area (Å²) in [5.74, 6) is 0.138. The largest absolute Gasteiger partial charge is 0.361 e. The Kier molecular flexibility index (Phi) is 2.76. The van der Waals surface area contributed by atoms with Gasteiger partial charge < -0.3 is 14.5 Å². The Morgan fingerprint density at radius 1 is 0.731 bits per heavy atom. The smallest absolute Gasteiger partial charge is 0.254 e. The molecular formula is C21H18N2O3. The second kappa shape index (κ2) is 4.95. The zero-order chi connectivity index (χ0) is 17.4. The van der Waals surface area contributed by atoms with Crippen LogP contribution in [0.15, 0.2) is 48.5 Å².